The lowest BCUT2D eigenvalue weighted by molar-refractivity contribution is 0.0378. The lowest BCUT2D eigenvalue weighted by Crippen LogP contribution is -2.47. The number of morpholine rings is 1. The molecule has 2 N–H and O–H groups in total. The number of hydrogen-bond donors (Lipinski definition) is 1. The summed E-state index contributed by atoms with van der Waals surface area (Å²) in [7, 11) is 0. The van der Waals surface area contributed by atoms with Gasteiger partial charge in [0.25, 0.3) is 5.91 Å². The largest absolute Gasteiger partial charge is 0.379 e. The van der Waals surface area contributed by atoms with Gasteiger partial charge in [0.15, 0.2) is 0 Å². The molecule has 1 aliphatic heterocycles. The molecule has 1 aliphatic rings. The van der Waals surface area contributed by atoms with E-state index in [0.29, 0.717) is 18.8 Å². The van der Waals surface area contributed by atoms with E-state index in [1.807, 2.05) is 41.4 Å². The van der Waals surface area contributed by atoms with Crippen LogP contribution in [0.3, 0.4) is 0 Å². The first kappa shape index (κ1) is 14.5. The summed E-state index contributed by atoms with van der Waals surface area (Å²) in [6.45, 7) is 2.80. The maximum Gasteiger partial charge on any atom is 0.252 e. The molecule has 1 aromatic carbocycles. The summed E-state index contributed by atoms with van der Waals surface area (Å²) in [6, 6.07) is 11.7. The van der Waals surface area contributed by atoms with Gasteiger partial charge in [-0.25, -0.2) is 5.01 Å². The smallest absolute Gasteiger partial charge is 0.252 e. The van der Waals surface area contributed by atoms with Crippen LogP contribution in [0.25, 0.3) is 0 Å². The monoisotopic (exact) mass is 298 g/mol. The Morgan fingerprint density at radius 3 is 2.59 bits per heavy atom. The number of hydrogen-bond acceptors (Lipinski definition) is 5. The summed E-state index contributed by atoms with van der Waals surface area (Å²) >= 11 is 0. The van der Waals surface area contributed by atoms with Crippen molar-refractivity contribution < 1.29 is 9.53 Å². The summed E-state index contributed by atoms with van der Waals surface area (Å²) in [4.78, 5) is 15.8. The molecule has 22 heavy (non-hydrogen) atoms. The summed E-state index contributed by atoms with van der Waals surface area (Å²) in [5.41, 5.74) is 7.61. The molecular formula is C16H18N4O2. The molecule has 114 valence electrons. The highest BCUT2D eigenvalue weighted by molar-refractivity contribution is 5.99. The second kappa shape index (κ2) is 6.55. The van der Waals surface area contributed by atoms with E-state index in [4.69, 9.17) is 10.5 Å². The molecule has 1 amide bonds. The summed E-state index contributed by atoms with van der Waals surface area (Å²) in [5, 5.41) is 4.17. The number of hydrazine groups is 1. The zero-order valence-corrected chi connectivity index (χ0v) is 12.2. The number of nitrogens with zero attached hydrogens (tertiary/aromatic N) is 3. The average molecular weight is 298 g/mol. The Morgan fingerprint density at radius 1 is 1.18 bits per heavy atom. The molecule has 0 aliphatic carbocycles. The van der Waals surface area contributed by atoms with Crippen LogP contribution < -0.4 is 10.7 Å². The van der Waals surface area contributed by atoms with Crippen LogP contribution in [0.2, 0.25) is 0 Å². The molecule has 3 rings (SSSR count). The zero-order chi connectivity index (χ0) is 15.4. The predicted octanol–water partition coefficient (Wildman–Crippen LogP) is 1.57. The van der Waals surface area contributed by atoms with Crippen molar-refractivity contribution >= 4 is 17.3 Å². The third kappa shape index (κ3) is 2.93. The molecule has 6 nitrogen and oxygen atoms in total. The maximum atomic E-state index is 11.8. The van der Waals surface area contributed by atoms with E-state index >= 15 is 0 Å². The van der Waals surface area contributed by atoms with Crippen molar-refractivity contribution in [3.63, 3.8) is 0 Å². The number of carbonyl (C=O) groups excluding carboxylic acids is 1. The summed E-state index contributed by atoms with van der Waals surface area (Å²) in [5.74, 6) is -0.489. The second-order valence-corrected chi connectivity index (χ2v) is 4.97. The molecule has 1 aromatic heterocycles. The number of nitrogens with two attached hydrogens (primary N) is 1. The number of rotatable bonds is 4. The normalized spacial score (nSPS) is 15.5. The molecule has 1 saturated heterocycles. The fourth-order valence-corrected chi connectivity index (χ4v) is 2.54. The van der Waals surface area contributed by atoms with Crippen molar-refractivity contribution in [1.82, 2.24) is 9.99 Å². The van der Waals surface area contributed by atoms with Gasteiger partial charge in [0, 0.05) is 25.5 Å². The van der Waals surface area contributed by atoms with Crippen molar-refractivity contribution in [1.29, 1.82) is 0 Å². The minimum atomic E-state index is -0.489. The quantitative estimate of drug-likeness (QED) is 0.927. The Kier molecular flexibility index (Phi) is 4.32. The highest BCUT2D eigenvalue weighted by Crippen LogP contribution is 2.30. The molecule has 0 atom stereocenters. The van der Waals surface area contributed by atoms with Gasteiger partial charge in [-0.15, -0.1) is 0 Å². The Labute approximate surface area is 129 Å². The molecule has 0 saturated carbocycles. The van der Waals surface area contributed by atoms with Crippen molar-refractivity contribution in [3.05, 3.63) is 54.4 Å². The minimum absolute atomic E-state index is 0.401. The van der Waals surface area contributed by atoms with Gasteiger partial charge in [-0.3, -0.25) is 14.8 Å². The minimum Gasteiger partial charge on any atom is -0.379 e. The van der Waals surface area contributed by atoms with Crippen LogP contribution in [0.4, 0.5) is 11.4 Å². The average Bonchev–Trinajstić information content (AvgIpc) is 2.57. The SMILES string of the molecule is NC(=O)c1cnccc1N(c1ccccc1)N1CCOCC1. The van der Waals surface area contributed by atoms with Crippen molar-refractivity contribution in [3.8, 4) is 0 Å². The van der Waals surface area contributed by atoms with Crippen LogP contribution in [0.15, 0.2) is 48.8 Å². The van der Waals surface area contributed by atoms with E-state index in [-0.39, 0.29) is 0 Å². The van der Waals surface area contributed by atoms with Gasteiger partial charge in [0.2, 0.25) is 0 Å². The van der Waals surface area contributed by atoms with Crippen LogP contribution in [-0.4, -0.2) is 42.2 Å². The van der Waals surface area contributed by atoms with Gasteiger partial charge in [0.05, 0.1) is 30.2 Å². The first-order valence-corrected chi connectivity index (χ1v) is 7.19. The van der Waals surface area contributed by atoms with E-state index in [2.05, 4.69) is 9.99 Å². The van der Waals surface area contributed by atoms with Crippen LogP contribution in [0.5, 0.6) is 0 Å². The Bertz CT molecular complexity index is 642. The third-order valence-electron chi connectivity index (χ3n) is 3.56. The number of ether oxygens (including phenoxy) is 1. The zero-order valence-electron chi connectivity index (χ0n) is 12.2. The molecule has 0 radical (unpaired) electrons. The molecule has 0 bridgehead atoms. The molecule has 1 fully saturated rings. The lowest BCUT2D eigenvalue weighted by atomic mass is 10.2. The number of para-hydroxylation sites is 1. The molecule has 2 aromatic rings. The Hall–Kier alpha value is -2.44. The van der Waals surface area contributed by atoms with Gasteiger partial charge in [-0.2, -0.15) is 0 Å². The first-order chi connectivity index (χ1) is 10.8. The Morgan fingerprint density at radius 2 is 1.91 bits per heavy atom. The number of benzene rings is 1. The molecule has 0 spiro atoms. The van der Waals surface area contributed by atoms with E-state index in [0.717, 1.165) is 24.5 Å². The first-order valence-electron chi connectivity index (χ1n) is 7.19. The van der Waals surface area contributed by atoms with E-state index in [1.165, 1.54) is 6.20 Å². The highest BCUT2D eigenvalue weighted by atomic mass is 16.5. The molecular weight excluding hydrogens is 280 g/mol. The molecule has 6 heteroatoms. The summed E-state index contributed by atoms with van der Waals surface area (Å²) in [6.07, 6.45) is 3.17. The van der Waals surface area contributed by atoms with Crippen LogP contribution in [0, 0.1) is 0 Å². The Balaban J connectivity index is 2.07. The van der Waals surface area contributed by atoms with Gasteiger partial charge < -0.3 is 10.5 Å². The lowest BCUT2D eigenvalue weighted by Gasteiger charge is -2.39. The van der Waals surface area contributed by atoms with Crippen LogP contribution in [0.1, 0.15) is 10.4 Å². The van der Waals surface area contributed by atoms with Crippen LogP contribution in [-0.2, 0) is 4.74 Å². The highest BCUT2D eigenvalue weighted by Gasteiger charge is 2.24. The van der Waals surface area contributed by atoms with Gasteiger partial charge in [-0.1, -0.05) is 18.2 Å². The topological polar surface area (TPSA) is 71.7 Å². The van der Waals surface area contributed by atoms with E-state index in [1.54, 1.807) is 6.20 Å². The number of anilines is 2. The second-order valence-electron chi connectivity index (χ2n) is 4.97. The van der Waals surface area contributed by atoms with Gasteiger partial charge >= 0.3 is 0 Å². The third-order valence-corrected chi connectivity index (χ3v) is 3.56. The van der Waals surface area contributed by atoms with Gasteiger partial charge in [-0.05, 0) is 18.2 Å². The number of carbonyl (C=O) groups is 1. The van der Waals surface area contributed by atoms with Gasteiger partial charge in [0.1, 0.15) is 0 Å². The number of pyridine rings is 1. The molecule has 0 unspecified atom stereocenters. The number of amides is 1. The van der Waals surface area contributed by atoms with Crippen LogP contribution >= 0.6 is 0 Å². The van der Waals surface area contributed by atoms with Crippen molar-refractivity contribution in [2.45, 2.75) is 0 Å². The molecule has 2 heterocycles. The fourth-order valence-electron chi connectivity index (χ4n) is 2.54. The predicted molar refractivity (Wildman–Crippen MR) is 83.7 cm³/mol. The van der Waals surface area contributed by atoms with Crippen molar-refractivity contribution in [2.24, 2.45) is 5.73 Å². The standard InChI is InChI=1S/C16H18N4O2/c17-16(21)14-12-18-7-6-15(14)20(13-4-2-1-3-5-13)19-8-10-22-11-9-19/h1-7,12H,8-11H2,(H2,17,21). The summed E-state index contributed by atoms with van der Waals surface area (Å²) < 4.78 is 5.43. The fraction of sp³-hybridized carbons (Fsp3) is 0.250. The van der Waals surface area contributed by atoms with Crippen molar-refractivity contribution in [2.75, 3.05) is 31.3 Å². The number of primary amides is 1. The van der Waals surface area contributed by atoms with E-state index < -0.39 is 5.91 Å². The maximum absolute atomic E-state index is 11.8. The number of aromatic nitrogens is 1. The van der Waals surface area contributed by atoms with E-state index in [9.17, 15) is 4.79 Å².